The Bertz CT molecular complexity index is 133. The molecule has 0 aromatic rings. The van der Waals surface area contributed by atoms with Crippen LogP contribution in [0.25, 0.3) is 0 Å². The zero-order chi connectivity index (χ0) is 10.3. The molecule has 1 N–H and O–H groups in total. The van der Waals surface area contributed by atoms with Crippen molar-refractivity contribution in [1.82, 2.24) is 5.32 Å². The van der Waals surface area contributed by atoms with Crippen LogP contribution in [0.4, 0.5) is 0 Å². The topological polar surface area (TPSA) is 12.0 Å². The summed E-state index contributed by atoms with van der Waals surface area (Å²) in [6, 6.07) is 0. The molecule has 1 fully saturated rings. The summed E-state index contributed by atoms with van der Waals surface area (Å²) in [4.78, 5) is 0. The van der Waals surface area contributed by atoms with Crippen molar-refractivity contribution in [2.24, 2.45) is 5.41 Å². The first-order valence-corrected chi connectivity index (χ1v) is 6.54. The quantitative estimate of drug-likeness (QED) is 0.585. The first-order chi connectivity index (χ1) is 6.83. The van der Waals surface area contributed by atoms with Crippen LogP contribution in [-0.2, 0) is 0 Å². The predicted molar refractivity (Wildman–Crippen MR) is 63.6 cm³/mol. The van der Waals surface area contributed by atoms with Gasteiger partial charge in [0.2, 0.25) is 0 Å². The molecule has 0 spiro atoms. The maximum absolute atomic E-state index is 3.41. The molecule has 1 saturated heterocycles. The van der Waals surface area contributed by atoms with Crippen LogP contribution in [0.3, 0.4) is 0 Å². The van der Waals surface area contributed by atoms with Gasteiger partial charge < -0.3 is 5.32 Å². The lowest BCUT2D eigenvalue weighted by Gasteiger charge is -2.42. The molecule has 84 valence electrons. The second-order valence-electron chi connectivity index (χ2n) is 4.97. The third kappa shape index (κ3) is 3.61. The smallest absolute Gasteiger partial charge is 0.00201 e. The molecule has 0 unspecified atom stereocenters. The highest BCUT2D eigenvalue weighted by molar-refractivity contribution is 4.90. The molecule has 1 aliphatic heterocycles. The number of hydrogen-bond donors (Lipinski definition) is 1. The molecule has 0 atom stereocenters. The van der Waals surface area contributed by atoms with Crippen molar-refractivity contribution in [3.05, 3.63) is 0 Å². The van der Waals surface area contributed by atoms with Crippen molar-refractivity contribution < 1.29 is 0 Å². The lowest BCUT2D eigenvalue weighted by molar-refractivity contribution is 0.141. The van der Waals surface area contributed by atoms with Crippen molar-refractivity contribution in [3.8, 4) is 0 Å². The van der Waals surface area contributed by atoms with Crippen LogP contribution in [0.2, 0.25) is 0 Å². The van der Waals surface area contributed by atoms with Gasteiger partial charge in [-0.1, -0.05) is 52.4 Å². The summed E-state index contributed by atoms with van der Waals surface area (Å²) >= 11 is 0. The van der Waals surface area contributed by atoms with Crippen LogP contribution in [0, 0.1) is 5.41 Å². The van der Waals surface area contributed by atoms with Gasteiger partial charge in [0.15, 0.2) is 0 Å². The molecule has 1 rings (SSSR count). The van der Waals surface area contributed by atoms with E-state index in [4.69, 9.17) is 0 Å². The Morgan fingerprint density at radius 2 is 1.57 bits per heavy atom. The fraction of sp³-hybridized carbons (Fsp3) is 1.00. The molecule has 0 amide bonds. The molecule has 1 heterocycles. The van der Waals surface area contributed by atoms with Crippen molar-refractivity contribution >= 4 is 0 Å². The van der Waals surface area contributed by atoms with Crippen LogP contribution in [0.1, 0.15) is 65.2 Å². The molecule has 1 aliphatic rings. The minimum atomic E-state index is 0.699. The summed E-state index contributed by atoms with van der Waals surface area (Å²) < 4.78 is 0. The van der Waals surface area contributed by atoms with Gasteiger partial charge in [0, 0.05) is 13.1 Å². The van der Waals surface area contributed by atoms with E-state index in [0.717, 1.165) is 0 Å². The Labute approximate surface area is 89.7 Å². The van der Waals surface area contributed by atoms with E-state index >= 15 is 0 Å². The van der Waals surface area contributed by atoms with Gasteiger partial charge >= 0.3 is 0 Å². The average molecular weight is 197 g/mol. The van der Waals surface area contributed by atoms with Gasteiger partial charge in [-0.15, -0.1) is 0 Å². The zero-order valence-corrected chi connectivity index (χ0v) is 10.1. The largest absolute Gasteiger partial charge is 0.316 e. The molecule has 0 aliphatic carbocycles. The van der Waals surface area contributed by atoms with E-state index < -0.39 is 0 Å². The van der Waals surface area contributed by atoms with Gasteiger partial charge in [-0.25, -0.2) is 0 Å². The van der Waals surface area contributed by atoms with Crippen LogP contribution < -0.4 is 5.32 Å². The molecule has 1 heteroatoms. The molecule has 0 aromatic carbocycles. The van der Waals surface area contributed by atoms with Gasteiger partial charge in [0.05, 0.1) is 0 Å². The second-order valence-corrected chi connectivity index (χ2v) is 4.97. The van der Waals surface area contributed by atoms with E-state index in [1.807, 2.05) is 0 Å². The van der Waals surface area contributed by atoms with Crippen molar-refractivity contribution in [1.29, 1.82) is 0 Å². The molecule has 0 bridgehead atoms. The maximum Gasteiger partial charge on any atom is 0.00201 e. The summed E-state index contributed by atoms with van der Waals surface area (Å²) in [5.41, 5.74) is 0.699. The Morgan fingerprint density at radius 3 is 2.07 bits per heavy atom. The number of nitrogens with one attached hydrogen (secondary N) is 1. The molecule has 0 saturated carbocycles. The summed E-state index contributed by atoms with van der Waals surface area (Å²) in [6.07, 6.45) is 11.5. The fourth-order valence-corrected chi connectivity index (χ4v) is 2.36. The van der Waals surface area contributed by atoms with Crippen LogP contribution in [0.5, 0.6) is 0 Å². The molecule has 0 aromatic heterocycles. The highest BCUT2D eigenvalue weighted by atomic mass is 15.0. The minimum Gasteiger partial charge on any atom is -0.316 e. The van der Waals surface area contributed by atoms with Gasteiger partial charge in [-0.2, -0.15) is 0 Å². The highest BCUT2D eigenvalue weighted by Gasteiger charge is 2.33. The number of hydrogen-bond acceptors (Lipinski definition) is 1. The highest BCUT2D eigenvalue weighted by Crippen LogP contribution is 2.32. The summed E-state index contributed by atoms with van der Waals surface area (Å²) in [7, 11) is 0. The van der Waals surface area contributed by atoms with Crippen molar-refractivity contribution in [2.45, 2.75) is 65.2 Å². The molecular weight excluding hydrogens is 170 g/mol. The third-order valence-corrected chi connectivity index (χ3v) is 3.81. The average Bonchev–Trinajstić information content (AvgIpc) is 2.15. The maximum atomic E-state index is 3.41. The summed E-state index contributed by atoms with van der Waals surface area (Å²) in [5, 5.41) is 3.41. The van der Waals surface area contributed by atoms with E-state index in [9.17, 15) is 0 Å². The van der Waals surface area contributed by atoms with Crippen LogP contribution >= 0.6 is 0 Å². The van der Waals surface area contributed by atoms with Gasteiger partial charge in [-0.05, 0) is 18.3 Å². The Balaban J connectivity index is 1.92. The van der Waals surface area contributed by atoms with E-state index in [-0.39, 0.29) is 0 Å². The standard InChI is InChI=1S/C13H27N/c1-3-5-6-7-8-9-10-13(4-2)11-14-12-13/h14H,3-12H2,1-2H3. The Morgan fingerprint density at radius 1 is 0.929 bits per heavy atom. The van der Waals surface area contributed by atoms with E-state index in [1.165, 1.54) is 64.5 Å². The van der Waals surface area contributed by atoms with Gasteiger partial charge in [0.25, 0.3) is 0 Å². The molecular formula is C13H27N. The molecule has 1 nitrogen and oxygen atoms in total. The Kier molecular flexibility index (Phi) is 5.54. The van der Waals surface area contributed by atoms with Gasteiger partial charge in [0.1, 0.15) is 0 Å². The summed E-state index contributed by atoms with van der Waals surface area (Å²) in [5.74, 6) is 0. The first kappa shape index (κ1) is 12.0. The number of rotatable bonds is 8. The van der Waals surface area contributed by atoms with E-state index in [2.05, 4.69) is 19.2 Å². The molecule has 14 heavy (non-hydrogen) atoms. The lowest BCUT2D eigenvalue weighted by Crippen LogP contribution is -2.52. The Hall–Kier alpha value is -0.0400. The van der Waals surface area contributed by atoms with Crippen molar-refractivity contribution in [2.75, 3.05) is 13.1 Å². The van der Waals surface area contributed by atoms with Gasteiger partial charge in [-0.3, -0.25) is 0 Å². The van der Waals surface area contributed by atoms with E-state index in [0.29, 0.717) is 5.41 Å². The van der Waals surface area contributed by atoms with Crippen LogP contribution in [-0.4, -0.2) is 13.1 Å². The fourth-order valence-electron chi connectivity index (χ4n) is 2.36. The predicted octanol–water partition coefficient (Wildman–Crippen LogP) is 3.74. The third-order valence-electron chi connectivity index (χ3n) is 3.81. The summed E-state index contributed by atoms with van der Waals surface area (Å²) in [6.45, 7) is 7.18. The zero-order valence-electron chi connectivity index (χ0n) is 10.1. The van der Waals surface area contributed by atoms with Crippen molar-refractivity contribution in [3.63, 3.8) is 0 Å². The van der Waals surface area contributed by atoms with Crippen LogP contribution in [0.15, 0.2) is 0 Å². The molecule has 0 radical (unpaired) electrons. The monoisotopic (exact) mass is 197 g/mol. The minimum absolute atomic E-state index is 0.699. The SMILES string of the molecule is CCCCCCCCC1(CC)CNC1. The first-order valence-electron chi connectivity index (χ1n) is 6.54. The number of unbranched alkanes of at least 4 members (excludes halogenated alkanes) is 5. The van der Waals surface area contributed by atoms with E-state index in [1.54, 1.807) is 0 Å². The normalized spacial score (nSPS) is 19.3. The lowest BCUT2D eigenvalue weighted by atomic mass is 9.75. The second kappa shape index (κ2) is 6.44.